The highest BCUT2D eigenvalue weighted by molar-refractivity contribution is 9.11. The lowest BCUT2D eigenvalue weighted by atomic mass is 9.94. The fourth-order valence-corrected chi connectivity index (χ4v) is 19.4. The number of hydrogen-bond donors (Lipinski definition) is 5. The van der Waals surface area contributed by atoms with E-state index < -0.39 is 29.7 Å². The minimum absolute atomic E-state index is 0.0300. The maximum atomic E-state index is 14.3. The van der Waals surface area contributed by atoms with Crippen LogP contribution in [0.3, 0.4) is 0 Å². The van der Waals surface area contributed by atoms with Gasteiger partial charge in [0, 0.05) is 134 Å². The number of carboxylic acid groups (broad SMARTS) is 1. The molecule has 9 atom stereocenters. The number of likely N-dealkylation sites (tertiary alicyclic amines) is 2. The quantitative estimate of drug-likeness (QED) is 0.0536. The molecule has 33 nitrogen and oxygen atoms in total. The van der Waals surface area contributed by atoms with Crippen LogP contribution in [0.1, 0.15) is 178 Å². The second-order valence-corrected chi connectivity index (χ2v) is 38.8. The van der Waals surface area contributed by atoms with Crippen LogP contribution in [0.5, 0.6) is 0 Å². The Balaban J connectivity index is 0.000000141. The van der Waals surface area contributed by atoms with Crippen molar-refractivity contribution in [1.82, 2.24) is 85.5 Å². The van der Waals surface area contributed by atoms with Gasteiger partial charge in [0.15, 0.2) is 28.9 Å². The first-order valence-corrected chi connectivity index (χ1v) is 47.0. The molecular weight excluding hydrogens is 1900 g/mol. The molecule has 6 aliphatic heterocycles. The van der Waals surface area contributed by atoms with Gasteiger partial charge in [-0.15, -0.1) is 0 Å². The number of piperidine rings is 3. The highest BCUT2D eigenvalue weighted by Gasteiger charge is 2.69. The number of aliphatic carboxylic acids is 1. The van der Waals surface area contributed by atoms with E-state index in [9.17, 15) is 52.7 Å². The molecule has 0 unspecified atom stereocenters. The van der Waals surface area contributed by atoms with Crippen molar-refractivity contribution < 1.29 is 76.8 Å². The maximum absolute atomic E-state index is 14.3. The van der Waals surface area contributed by atoms with Crippen LogP contribution in [0, 0.1) is 30.1 Å². The van der Waals surface area contributed by atoms with Gasteiger partial charge in [-0.3, -0.25) is 62.2 Å². The van der Waals surface area contributed by atoms with Crippen LogP contribution in [0.15, 0.2) is 148 Å². The van der Waals surface area contributed by atoms with Gasteiger partial charge in [-0.25, -0.2) is 39.7 Å². The molecule has 9 aliphatic rings. The van der Waals surface area contributed by atoms with E-state index in [0.717, 1.165) is 68.5 Å². The molecule has 696 valence electrons. The van der Waals surface area contributed by atoms with Gasteiger partial charge in [0.05, 0.1) is 105 Å². The topological polar surface area (TPSA) is 425 Å². The van der Waals surface area contributed by atoms with Gasteiger partial charge in [0.1, 0.15) is 55.5 Å². The van der Waals surface area contributed by atoms with E-state index in [1.54, 1.807) is 52.3 Å². The summed E-state index contributed by atoms with van der Waals surface area (Å²) in [6, 6.07) is 20.8. The number of carbonyl (C=O) groups is 11. The zero-order valence-corrected chi connectivity index (χ0v) is 79.8. The Kier molecular flexibility index (Phi) is 30.0. The fourth-order valence-electron chi connectivity index (χ4n) is 18.4. The Labute approximate surface area is 793 Å². The summed E-state index contributed by atoms with van der Waals surface area (Å²) in [5.74, 6) is -0.472. The maximum Gasteiger partial charge on any atom is 0.411 e. The van der Waals surface area contributed by atoms with Gasteiger partial charge >= 0.3 is 12.1 Å². The van der Waals surface area contributed by atoms with Gasteiger partial charge in [-0.05, 0) is 210 Å². The summed E-state index contributed by atoms with van der Waals surface area (Å²) >= 11 is 10.2. The molecule has 3 aliphatic carbocycles. The molecule has 133 heavy (non-hydrogen) atoms. The number of pyridine rings is 3. The molecule has 2 aromatic carbocycles. The zero-order chi connectivity index (χ0) is 94.2. The molecule has 5 N–H and O–H groups in total. The summed E-state index contributed by atoms with van der Waals surface area (Å²) in [6.07, 6.45) is 25.7. The number of rotatable bonds is 8. The predicted octanol–water partition coefficient (Wildman–Crippen LogP) is 12.2. The summed E-state index contributed by atoms with van der Waals surface area (Å²) < 4.78 is 27.8. The predicted molar refractivity (Wildman–Crippen MR) is 499 cm³/mol. The molecule has 3 saturated carbocycles. The van der Waals surface area contributed by atoms with Gasteiger partial charge in [-0.2, -0.15) is 10.2 Å². The van der Waals surface area contributed by atoms with Crippen molar-refractivity contribution in [1.29, 1.82) is 0 Å². The number of aromatic nitrogens is 11. The van der Waals surface area contributed by atoms with Crippen LogP contribution in [0.25, 0.3) is 44.1 Å². The molecule has 18 rings (SSSR count). The van der Waals surface area contributed by atoms with Gasteiger partial charge in [0.25, 0.3) is 0 Å². The average Bonchev–Trinajstić information content (AvgIpc) is 1.53. The number of carboxylic acids is 1. The van der Waals surface area contributed by atoms with Crippen molar-refractivity contribution in [2.24, 2.45) is 16.2 Å². The number of Topliss-reactive ketones (excluding diaryl/α,β-unsaturated/α-hetero) is 5. The smallest absolute Gasteiger partial charge is 0.411 e. The van der Waals surface area contributed by atoms with Crippen molar-refractivity contribution in [3.8, 4) is 22.3 Å². The van der Waals surface area contributed by atoms with Crippen molar-refractivity contribution in [3.63, 3.8) is 0 Å². The number of amides is 5. The summed E-state index contributed by atoms with van der Waals surface area (Å²) in [6.45, 7) is 15.2. The first kappa shape index (κ1) is 96.0. The summed E-state index contributed by atoms with van der Waals surface area (Å²) in [5.41, 5.74) is 8.35. The molecule has 6 fully saturated rings. The number of benzene rings is 2. The van der Waals surface area contributed by atoms with Gasteiger partial charge in [-0.1, -0.05) is 66.8 Å². The highest BCUT2D eigenvalue weighted by Crippen LogP contribution is 2.61. The lowest BCUT2D eigenvalue weighted by Gasteiger charge is -2.30. The van der Waals surface area contributed by atoms with Crippen LogP contribution < -0.4 is 21.3 Å². The lowest BCUT2D eigenvalue weighted by Crippen LogP contribution is -2.46. The molecule has 13 heterocycles. The van der Waals surface area contributed by atoms with Crippen molar-refractivity contribution in [3.05, 3.63) is 205 Å². The Hall–Kier alpha value is -11.5. The van der Waals surface area contributed by atoms with E-state index in [0.29, 0.717) is 177 Å². The summed E-state index contributed by atoms with van der Waals surface area (Å²) in [4.78, 5) is 174. The Morgan fingerprint density at radius 1 is 0.489 bits per heavy atom. The zero-order valence-electron chi connectivity index (χ0n) is 75.1. The molecule has 5 amide bonds. The van der Waals surface area contributed by atoms with Crippen LogP contribution in [-0.2, 0) is 109 Å². The number of fused-ring (bicyclic) bond motifs is 8. The number of hydrogen-bond acceptors (Lipinski definition) is 25. The first-order valence-electron chi connectivity index (χ1n) is 44.6. The number of halogens is 3. The number of nitrogens with one attached hydrogen (secondary N) is 4. The van der Waals surface area contributed by atoms with Gasteiger partial charge in [0.2, 0.25) is 23.6 Å². The average molecular weight is 2010 g/mol. The van der Waals surface area contributed by atoms with E-state index >= 15 is 0 Å². The van der Waals surface area contributed by atoms with Crippen LogP contribution >= 0.6 is 47.8 Å². The van der Waals surface area contributed by atoms with Crippen LogP contribution in [0.4, 0.5) is 4.79 Å². The normalized spacial score (nSPS) is 23.8. The highest BCUT2D eigenvalue weighted by atomic mass is 79.9. The van der Waals surface area contributed by atoms with Crippen LogP contribution in [0.2, 0.25) is 0 Å². The first-order chi connectivity index (χ1) is 63.7. The third-order valence-electron chi connectivity index (χ3n) is 25.6. The number of ketones is 5. The molecule has 3 saturated heterocycles. The molecule has 36 heteroatoms. The summed E-state index contributed by atoms with van der Waals surface area (Å²) in [5, 5.41) is 31.5. The molecule has 0 radical (unpaired) electrons. The number of aryl methyl sites for hydroxylation is 2. The molecule has 7 aromatic heterocycles. The molecule has 9 aromatic rings. The van der Waals surface area contributed by atoms with Crippen molar-refractivity contribution >= 4 is 134 Å². The lowest BCUT2D eigenvalue weighted by molar-refractivity contribution is -0.139. The van der Waals surface area contributed by atoms with Crippen molar-refractivity contribution in [2.75, 3.05) is 39.5 Å². The third-order valence-corrected chi connectivity index (χ3v) is 26.9. The third kappa shape index (κ3) is 23.5. The number of allylic oxidation sites excluding steroid dienone is 3. The molecule has 6 bridgehead atoms. The summed E-state index contributed by atoms with van der Waals surface area (Å²) in [7, 11) is 0. The van der Waals surface area contributed by atoms with E-state index in [1.807, 2.05) is 131 Å². The van der Waals surface area contributed by atoms with Crippen LogP contribution in [-0.4, -0.2) is 215 Å². The Morgan fingerprint density at radius 3 is 1.30 bits per heavy atom. The SMILES string of the molecule is CC(=O)c1nn(CC(=O)N2[C@H]3C[C@@]4(CNC(=O)CCC=CCOCc5ccc(Br)nc5CC3=O)C[C@@H]24)c2ccc(-c3cnc(C)nc3)cc12.CC(=O)c1nn(CC(=O)O)c2ccc(-c3cnc(C)nc3)cc12.CC(C)(C)OC(=O)N1[C@H]2C[C@@]3(CNC(=O)CCC=CCOCc4ccc(Br)nc4CC2=O)C[C@@H]13.O=C1CCC=CCOCc2ccc(Br)nc2CC(=O)[C@@H]2C[C@@]3(CN1)C[C@H]3N2. The monoisotopic (exact) mass is 2000 g/mol. The number of carbonyl (C=O) groups excluding carboxylic acids is 10. The standard InChI is InChI=1S/C36H36BrN7O5.C25H32BrN3O5.C20H24BrN3O3.C16H14N4O3/c1-21(45)35-26-12-23(25-16-38-22(2)39-17-25)7-9-28(26)43(42-35)18-34(48)44-29-14-36(15-31(36)44)20-40-33(47)6-4-3-5-11-49-19-24-8-10-32(37)41-27(24)13-30(29)46;1-24(2,3)34-23(32)29-18-12-25(13-20(25)29)15-27-22(31)7-5-4-6-10-33-14-16-8-9-21(26)28-17(16)11-19(18)30;21-18-6-5-13-11-27-7-3-1-2-4-19(26)22-12-20-9-15(23-17(20)10-20)16(25)8-14(13)24-18;1-9(21)16-13-5-11(12-6-17-10(2)18-7-12)3-4-14(13)20(19-16)8-15(22)23/h3,5,7-10,12,16-17,29,31H,4,6,11,13-15,18-20H2,1-2H3,(H,40,47);4,6,8-9,18,20H,5,7,10-15H2,1-3H3,(H,27,31);1,3,5-6,15,17,23H,2,4,7-12H2,(H,22,26);3-7H,8H2,1-2H3,(H,22,23)/t29-,31+,36-;18-,20+,25-;15-,17+,20-;/m000./s1. The second kappa shape index (κ2) is 41.5. The van der Waals surface area contributed by atoms with E-state index in [-0.39, 0.29) is 131 Å². The minimum atomic E-state index is -1.01. The Morgan fingerprint density at radius 2 is 0.887 bits per heavy atom. The van der Waals surface area contributed by atoms with Gasteiger partial charge < -0.3 is 50.2 Å². The fraction of sp³-hybridized carbons (Fsp3) is 0.443. The second-order valence-electron chi connectivity index (χ2n) is 36.4. The number of nitrogens with zero attached hydrogens (tertiary/aromatic N) is 13. The van der Waals surface area contributed by atoms with E-state index in [4.69, 9.17) is 24.1 Å². The van der Waals surface area contributed by atoms with Crippen molar-refractivity contribution in [2.45, 2.75) is 220 Å². The number of ether oxygens (including phenoxy) is 4. The Bertz CT molecular complexity index is 6110. The van der Waals surface area contributed by atoms with E-state index in [2.05, 4.69) is 114 Å². The largest absolute Gasteiger partial charge is 0.480 e. The molecular formula is C97H106Br3N17O16. The molecule has 3 spiro atoms. The minimum Gasteiger partial charge on any atom is -0.480 e. The van der Waals surface area contributed by atoms with E-state index in [1.165, 1.54) is 18.5 Å².